The Bertz CT molecular complexity index is 361. The van der Waals surface area contributed by atoms with Crippen LogP contribution in [0.15, 0.2) is 12.3 Å². The number of nitrogens with two attached hydrogens (primary N) is 1. The van der Waals surface area contributed by atoms with E-state index in [1.807, 2.05) is 0 Å². The Morgan fingerprint density at radius 1 is 1.50 bits per heavy atom. The Morgan fingerprint density at radius 3 is 2.81 bits per heavy atom. The van der Waals surface area contributed by atoms with E-state index in [4.69, 9.17) is 17.3 Å². The van der Waals surface area contributed by atoms with Crippen LogP contribution in [0.5, 0.6) is 0 Å². The maximum Gasteiger partial charge on any atom is 0.149 e. The topological polar surface area (TPSA) is 54.2 Å². The normalized spacial score (nSPS) is 18.6. The number of aromatic nitrogens is 1. The third-order valence-corrected chi connectivity index (χ3v) is 3.15. The van der Waals surface area contributed by atoms with Gasteiger partial charge in [0.25, 0.3) is 0 Å². The molecular weight excluding hydrogens is 224 g/mol. The van der Waals surface area contributed by atoms with Crippen molar-refractivity contribution in [3.63, 3.8) is 0 Å². The van der Waals surface area contributed by atoms with Gasteiger partial charge in [0.15, 0.2) is 0 Å². The molecule has 0 atom stereocenters. The van der Waals surface area contributed by atoms with E-state index in [-0.39, 0.29) is 0 Å². The van der Waals surface area contributed by atoms with Crippen LogP contribution in [0.25, 0.3) is 0 Å². The Labute approximate surface area is 101 Å². The average molecular weight is 241 g/mol. The fraction of sp³-hybridized carbons (Fsp3) is 0.545. The van der Waals surface area contributed by atoms with Gasteiger partial charge in [-0.1, -0.05) is 11.6 Å². The Hall–Kier alpha value is -1.00. The van der Waals surface area contributed by atoms with Crippen molar-refractivity contribution in [1.29, 1.82) is 0 Å². The first-order valence-corrected chi connectivity index (χ1v) is 5.89. The number of rotatable bonds is 2. The molecule has 1 fully saturated rings. The molecule has 1 saturated heterocycles. The molecule has 2 heterocycles. The molecular formula is C11H17ClN4. The molecule has 0 spiro atoms. The monoisotopic (exact) mass is 240 g/mol. The predicted molar refractivity (Wildman–Crippen MR) is 67.8 cm³/mol. The Morgan fingerprint density at radius 2 is 2.19 bits per heavy atom. The van der Waals surface area contributed by atoms with Gasteiger partial charge in [0.1, 0.15) is 5.82 Å². The highest BCUT2D eigenvalue weighted by Gasteiger charge is 2.17. The summed E-state index contributed by atoms with van der Waals surface area (Å²) in [5.41, 5.74) is 6.46. The summed E-state index contributed by atoms with van der Waals surface area (Å²) in [5.74, 6) is 0.749. The van der Waals surface area contributed by atoms with E-state index in [1.54, 1.807) is 12.3 Å². The summed E-state index contributed by atoms with van der Waals surface area (Å²) in [6, 6.07) is 2.19. The summed E-state index contributed by atoms with van der Waals surface area (Å²) >= 11 is 5.80. The van der Waals surface area contributed by atoms with Crippen molar-refractivity contribution in [3.8, 4) is 0 Å². The molecule has 1 aromatic heterocycles. The molecule has 88 valence electrons. The molecule has 1 aliphatic rings. The molecule has 0 saturated carbocycles. The molecule has 0 unspecified atom stereocenters. The number of nitrogens with zero attached hydrogens (tertiary/aromatic N) is 2. The number of piperidine rings is 1. The number of nitrogen functional groups attached to an aromatic ring is 1. The molecule has 0 aromatic carbocycles. The van der Waals surface area contributed by atoms with Gasteiger partial charge in [-0.2, -0.15) is 0 Å². The molecule has 3 N–H and O–H groups in total. The van der Waals surface area contributed by atoms with Gasteiger partial charge in [0.05, 0.1) is 10.7 Å². The lowest BCUT2D eigenvalue weighted by molar-refractivity contribution is 0.263. The summed E-state index contributed by atoms with van der Waals surface area (Å²) in [6.07, 6.45) is 3.87. The van der Waals surface area contributed by atoms with Crippen LogP contribution in [0.3, 0.4) is 0 Å². The van der Waals surface area contributed by atoms with Gasteiger partial charge in [-0.25, -0.2) is 4.98 Å². The Kier molecular flexibility index (Phi) is 3.51. The van der Waals surface area contributed by atoms with Crippen LogP contribution in [-0.2, 0) is 0 Å². The first-order valence-electron chi connectivity index (χ1n) is 5.51. The van der Waals surface area contributed by atoms with E-state index in [9.17, 15) is 0 Å². The lowest BCUT2D eigenvalue weighted by Gasteiger charge is -2.30. The first kappa shape index (κ1) is 11.5. The number of halogens is 1. The van der Waals surface area contributed by atoms with Crippen LogP contribution in [0, 0.1) is 0 Å². The zero-order chi connectivity index (χ0) is 11.5. The van der Waals surface area contributed by atoms with E-state index >= 15 is 0 Å². The molecule has 16 heavy (non-hydrogen) atoms. The lowest BCUT2D eigenvalue weighted by Crippen LogP contribution is -2.37. The van der Waals surface area contributed by atoms with E-state index < -0.39 is 0 Å². The SMILES string of the molecule is CN1CCC(Nc2ncc(Cl)cc2N)CC1. The van der Waals surface area contributed by atoms with Crippen molar-refractivity contribution in [3.05, 3.63) is 17.3 Å². The third kappa shape index (κ3) is 2.77. The number of nitrogens with one attached hydrogen (secondary N) is 1. The molecule has 0 amide bonds. The van der Waals surface area contributed by atoms with E-state index in [1.165, 1.54) is 0 Å². The summed E-state index contributed by atoms with van der Waals surface area (Å²) in [7, 11) is 2.14. The third-order valence-electron chi connectivity index (χ3n) is 2.94. The van der Waals surface area contributed by atoms with Crippen LogP contribution in [0.4, 0.5) is 11.5 Å². The number of hydrogen-bond acceptors (Lipinski definition) is 4. The number of anilines is 2. The molecule has 0 bridgehead atoms. The fourth-order valence-corrected chi connectivity index (χ4v) is 2.09. The second-order valence-electron chi connectivity index (χ2n) is 4.31. The van der Waals surface area contributed by atoms with Crippen molar-refractivity contribution >= 4 is 23.1 Å². The van der Waals surface area contributed by atoms with Crippen LogP contribution in [0.1, 0.15) is 12.8 Å². The minimum Gasteiger partial charge on any atom is -0.396 e. The van der Waals surface area contributed by atoms with Gasteiger partial charge in [-0.15, -0.1) is 0 Å². The van der Waals surface area contributed by atoms with Crippen LogP contribution >= 0.6 is 11.6 Å². The minimum atomic E-state index is 0.465. The number of pyridine rings is 1. The highest BCUT2D eigenvalue weighted by molar-refractivity contribution is 6.30. The maximum absolute atomic E-state index is 5.85. The van der Waals surface area contributed by atoms with Crippen LogP contribution in [0.2, 0.25) is 5.02 Å². The van der Waals surface area contributed by atoms with Crippen molar-refractivity contribution in [1.82, 2.24) is 9.88 Å². The Balaban J connectivity index is 1.98. The first-order chi connectivity index (χ1) is 7.65. The largest absolute Gasteiger partial charge is 0.396 e. The fourth-order valence-electron chi connectivity index (χ4n) is 1.92. The predicted octanol–water partition coefficient (Wildman–Crippen LogP) is 1.82. The zero-order valence-corrected chi connectivity index (χ0v) is 10.2. The van der Waals surface area contributed by atoms with Gasteiger partial charge in [-0.3, -0.25) is 0 Å². The van der Waals surface area contributed by atoms with E-state index in [0.717, 1.165) is 31.7 Å². The minimum absolute atomic E-state index is 0.465. The summed E-state index contributed by atoms with van der Waals surface area (Å²) in [5, 5.41) is 3.95. The van der Waals surface area contributed by atoms with Gasteiger partial charge < -0.3 is 16.0 Å². The molecule has 1 aromatic rings. The second-order valence-corrected chi connectivity index (χ2v) is 4.75. The van der Waals surface area contributed by atoms with E-state index in [0.29, 0.717) is 16.8 Å². The lowest BCUT2D eigenvalue weighted by atomic mass is 10.1. The summed E-state index contributed by atoms with van der Waals surface area (Å²) in [6.45, 7) is 2.23. The standard InChI is InChI=1S/C11H17ClN4/c1-16-4-2-9(3-5-16)15-11-10(13)6-8(12)7-14-11/h6-7,9H,2-5,13H2,1H3,(H,14,15). The summed E-state index contributed by atoms with van der Waals surface area (Å²) in [4.78, 5) is 6.54. The summed E-state index contributed by atoms with van der Waals surface area (Å²) < 4.78 is 0. The number of hydrogen-bond donors (Lipinski definition) is 2. The van der Waals surface area contributed by atoms with Gasteiger partial charge >= 0.3 is 0 Å². The van der Waals surface area contributed by atoms with Crippen LogP contribution in [-0.4, -0.2) is 36.1 Å². The molecule has 2 rings (SSSR count). The van der Waals surface area contributed by atoms with Crippen molar-refractivity contribution in [2.24, 2.45) is 0 Å². The highest BCUT2D eigenvalue weighted by atomic mass is 35.5. The molecule has 0 radical (unpaired) electrons. The van der Waals surface area contributed by atoms with Crippen molar-refractivity contribution in [2.75, 3.05) is 31.2 Å². The van der Waals surface area contributed by atoms with Crippen molar-refractivity contribution < 1.29 is 0 Å². The number of likely N-dealkylation sites (tertiary alicyclic amines) is 1. The molecule has 5 heteroatoms. The van der Waals surface area contributed by atoms with Crippen molar-refractivity contribution in [2.45, 2.75) is 18.9 Å². The van der Waals surface area contributed by atoms with Gasteiger partial charge in [0.2, 0.25) is 0 Å². The maximum atomic E-state index is 5.85. The molecule has 0 aliphatic carbocycles. The zero-order valence-electron chi connectivity index (χ0n) is 9.41. The molecule has 1 aliphatic heterocycles. The highest BCUT2D eigenvalue weighted by Crippen LogP contribution is 2.22. The van der Waals surface area contributed by atoms with Gasteiger partial charge in [-0.05, 0) is 39.0 Å². The smallest absolute Gasteiger partial charge is 0.149 e. The molecule has 4 nitrogen and oxygen atoms in total. The second kappa shape index (κ2) is 4.89. The average Bonchev–Trinajstić information content (AvgIpc) is 2.25. The van der Waals surface area contributed by atoms with Gasteiger partial charge in [0, 0.05) is 12.2 Å². The quantitative estimate of drug-likeness (QED) is 0.828. The van der Waals surface area contributed by atoms with Crippen LogP contribution < -0.4 is 11.1 Å². The van der Waals surface area contributed by atoms with E-state index in [2.05, 4.69) is 22.2 Å².